The van der Waals surface area contributed by atoms with Gasteiger partial charge in [-0.15, -0.1) is 0 Å². The number of nitrogens with one attached hydrogen (secondary N) is 1. The van der Waals surface area contributed by atoms with E-state index in [0.29, 0.717) is 0 Å². The Morgan fingerprint density at radius 2 is 2.17 bits per heavy atom. The van der Waals surface area contributed by atoms with Crippen molar-refractivity contribution in [3.8, 4) is 6.07 Å². The van der Waals surface area contributed by atoms with Gasteiger partial charge in [0.25, 0.3) is 11.9 Å². The van der Waals surface area contributed by atoms with Crippen LogP contribution in [0.4, 0.5) is 18.9 Å². The number of hydrogen-bond donors (Lipinski definition) is 2. The summed E-state index contributed by atoms with van der Waals surface area (Å²) >= 11 is 0. The number of rotatable bonds is 5. The molecular weight excluding hydrogens is 387 g/mol. The van der Waals surface area contributed by atoms with Gasteiger partial charge < -0.3 is 15.8 Å². The number of carbonyl (C=O) groups excluding carboxylic acids is 1. The van der Waals surface area contributed by atoms with Gasteiger partial charge in [0.05, 0.1) is 5.56 Å². The molecule has 2 atom stereocenters. The summed E-state index contributed by atoms with van der Waals surface area (Å²) < 4.78 is 46.6. The Kier molecular flexibility index (Phi) is 5.68. The number of amides is 1. The van der Waals surface area contributed by atoms with E-state index in [-0.39, 0.29) is 28.9 Å². The molecule has 1 amide bonds. The maximum absolute atomic E-state index is 14.5. The van der Waals surface area contributed by atoms with Crippen molar-refractivity contribution in [3.05, 3.63) is 59.2 Å². The first-order chi connectivity index (χ1) is 13.9. The summed E-state index contributed by atoms with van der Waals surface area (Å²) in [4.78, 5) is 20.1. The van der Waals surface area contributed by atoms with Crippen LogP contribution in [0.2, 0.25) is 0 Å². The number of benzene rings is 1. The second-order valence-corrected chi connectivity index (χ2v) is 6.41. The first-order valence-corrected chi connectivity index (χ1v) is 8.52. The van der Waals surface area contributed by atoms with Crippen LogP contribution in [-0.2, 0) is 10.3 Å². The molecule has 0 spiro atoms. The SMILES string of the molecule is N#Cc1ccc(C(=O)Nc2ccc(F)c([C@]3(CF)C[C@@H](CF)OC(N)=N3)c2)nc1. The zero-order chi connectivity index (χ0) is 21.0. The fourth-order valence-corrected chi connectivity index (χ4v) is 3.03. The number of carbonyl (C=O) groups is 1. The molecule has 10 heteroatoms. The molecule has 1 aromatic heterocycles. The molecule has 0 fully saturated rings. The Balaban J connectivity index is 1.92. The molecule has 2 aromatic rings. The van der Waals surface area contributed by atoms with Gasteiger partial charge in [-0.3, -0.25) is 4.79 Å². The van der Waals surface area contributed by atoms with E-state index in [2.05, 4.69) is 15.3 Å². The molecule has 2 heterocycles. The molecule has 0 radical (unpaired) electrons. The second kappa shape index (κ2) is 8.18. The monoisotopic (exact) mass is 403 g/mol. The van der Waals surface area contributed by atoms with E-state index in [9.17, 15) is 18.0 Å². The third-order valence-electron chi connectivity index (χ3n) is 4.42. The summed E-state index contributed by atoms with van der Waals surface area (Å²) in [7, 11) is 0. The predicted molar refractivity (Wildman–Crippen MR) is 98.0 cm³/mol. The van der Waals surface area contributed by atoms with Crippen LogP contribution in [0.15, 0.2) is 41.5 Å². The van der Waals surface area contributed by atoms with Crippen molar-refractivity contribution in [1.82, 2.24) is 4.98 Å². The second-order valence-electron chi connectivity index (χ2n) is 6.41. The van der Waals surface area contributed by atoms with E-state index in [1.807, 2.05) is 6.07 Å². The highest BCUT2D eigenvalue weighted by Crippen LogP contribution is 2.38. The zero-order valence-corrected chi connectivity index (χ0v) is 15.0. The summed E-state index contributed by atoms with van der Waals surface area (Å²) in [5.41, 5.74) is 4.05. The van der Waals surface area contributed by atoms with Crippen LogP contribution < -0.4 is 11.1 Å². The standard InChI is InChI=1S/C19H16F3N5O2/c20-7-13-6-19(10-21,27-18(24)29-13)14-5-12(2-3-15(14)22)26-17(28)16-4-1-11(8-23)9-25-16/h1-5,9,13H,6-7,10H2,(H2,24,27)(H,26,28)/t13-,19+/m0/s1. The molecule has 3 rings (SSSR count). The molecule has 0 unspecified atom stereocenters. The van der Waals surface area contributed by atoms with Crippen LogP contribution in [0.3, 0.4) is 0 Å². The number of aromatic nitrogens is 1. The number of aliphatic imine (C=N–C) groups is 1. The maximum Gasteiger partial charge on any atom is 0.283 e. The predicted octanol–water partition coefficient (Wildman–Crippen LogP) is 2.58. The lowest BCUT2D eigenvalue weighted by Gasteiger charge is -2.35. The topological polar surface area (TPSA) is 113 Å². The zero-order valence-electron chi connectivity index (χ0n) is 15.0. The Hall–Kier alpha value is -3.61. The summed E-state index contributed by atoms with van der Waals surface area (Å²) in [5.74, 6) is -1.40. The molecular formula is C19H16F3N5O2. The normalized spacial score (nSPS) is 20.9. The Morgan fingerprint density at radius 3 is 2.79 bits per heavy atom. The van der Waals surface area contributed by atoms with Crippen molar-refractivity contribution >= 4 is 17.6 Å². The summed E-state index contributed by atoms with van der Waals surface area (Å²) in [5, 5.41) is 11.3. The van der Waals surface area contributed by atoms with E-state index in [0.717, 1.165) is 6.07 Å². The van der Waals surface area contributed by atoms with Gasteiger partial charge in [0.2, 0.25) is 0 Å². The minimum Gasteiger partial charge on any atom is -0.459 e. The molecule has 0 bridgehead atoms. The first-order valence-electron chi connectivity index (χ1n) is 8.52. The van der Waals surface area contributed by atoms with Crippen LogP contribution in [0.25, 0.3) is 0 Å². The highest BCUT2D eigenvalue weighted by atomic mass is 19.1. The van der Waals surface area contributed by atoms with Crippen molar-refractivity contribution in [3.63, 3.8) is 0 Å². The van der Waals surface area contributed by atoms with Crippen LogP contribution >= 0.6 is 0 Å². The lowest BCUT2D eigenvalue weighted by molar-refractivity contribution is 0.0781. The van der Waals surface area contributed by atoms with E-state index in [1.54, 1.807) is 0 Å². The Labute approximate surface area is 164 Å². The molecule has 150 valence electrons. The molecule has 1 aliphatic heterocycles. The number of nitrogens with two attached hydrogens (primary N) is 1. The molecule has 1 aromatic carbocycles. The van der Waals surface area contributed by atoms with E-state index in [1.165, 1.54) is 30.5 Å². The van der Waals surface area contributed by atoms with Crippen molar-refractivity contribution in [2.45, 2.75) is 18.1 Å². The minimum atomic E-state index is -1.77. The van der Waals surface area contributed by atoms with Gasteiger partial charge in [-0.05, 0) is 30.3 Å². The summed E-state index contributed by atoms with van der Waals surface area (Å²) in [6.45, 7) is -2.08. The highest BCUT2D eigenvalue weighted by molar-refractivity contribution is 6.02. The van der Waals surface area contributed by atoms with Gasteiger partial charge >= 0.3 is 0 Å². The quantitative estimate of drug-likeness (QED) is 0.797. The Morgan fingerprint density at radius 1 is 1.38 bits per heavy atom. The number of anilines is 1. The van der Waals surface area contributed by atoms with Crippen LogP contribution in [0, 0.1) is 17.1 Å². The summed E-state index contributed by atoms with van der Waals surface area (Å²) in [6, 6.07) is 7.77. The van der Waals surface area contributed by atoms with Crippen molar-refractivity contribution < 1.29 is 22.7 Å². The van der Waals surface area contributed by atoms with Crippen molar-refractivity contribution in [2.75, 3.05) is 18.7 Å². The fraction of sp³-hybridized carbons (Fsp3) is 0.263. The number of pyridine rings is 1. The smallest absolute Gasteiger partial charge is 0.283 e. The van der Waals surface area contributed by atoms with E-state index in [4.69, 9.17) is 15.7 Å². The average molecular weight is 403 g/mol. The van der Waals surface area contributed by atoms with Gasteiger partial charge in [0.15, 0.2) is 0 Å². The minimum absolute atomic E-state index is 0.0286. The number of halogens is 3. The number of nitriles is 1. The van der Waals surface area contributed by atoms with E-state index < -0.39 is 42.7 Å². The number of amidine groups is 1. The first kappa shape index (κ1) is 20.1. The number of alkyl halides is 2. The molecule has 0 saturated heterocycles. The van der Waals surface area contributed by atoms with Gasteiger partial charge in [-0.25, -0.2) is 23.1 Å². The van der Waals surface area contributed by atoms with Crippen molar-refractivity contribution in [2.24, 2.45) is 10.7 Å². The van der Waals surface area contributed by atoms with Crippen LogP contribution in [0.5, 0.6) is 0 Å². The van der Waals surface area contributed by atoms with Gasteiger partial charge in [0.1, 0.15) is 42.6 Å². The molecule has 0 aliphatic carbocycles. The Bertz CT molecular complexity index is 990. The molecule has 1 aliphatic rings. The third kappa shape index (κ3) is 4.13. The third-order valence-corrected chi connectivity index (χ3v) is 4.42. The average Bonchev–Trinajstić information content (AvgIpc) is 2.74. The van der Waals surface area contributed by atoms with Crippen LogP contribution in [0.1, 0.15) is 28.0 Å². The van der Waals surface area contributed by atoms with E-state index >= 15 is 0 Å². The maximum atomic E-state index is 14.5. The van der Waals surface area contributed by atoms with Crippen LogP contribution in [-0.4, -0.2) is 36.4 Å². The number of nitrogens with zero attached hydrogens (tertiary/aromatic N) is 3. The fourth-order valence-electron chi connectivity index (χ4n) is 3.03. The van der Waals surface area contributed by atoms with Gasteiger partial charge in [-0.1, -0.05) is 0 Å². The molecule has 0 saturated carbocycles. The molecule has 3 N–H and O–H groups in total. The largest absolute Gasteiger partial charge is 0.459 e. The molecule has 7 nitrogen and oxygen atoms in total. The molecule has 29 heavy (non-hydrogen) atoms. The summed E-state index contributed by atoms with van der Waals surface area (Å²) in [6.07, 6.45) is -0.0879. The lowest BCUT2D eigenvalue weighted by Crippen LogP contribution is -2.43. The number of ether oxygens (including phenoxy) is 1. The highest BCUT2D eigenvalue weighted by Gasteiger charge is 2.42. The number of hydrogen-bond acceptors (Lipinski definition) is 6. The van der Waals surface area contributed by atoms with Gasteiger partial charge in [-0.2, -0.15) is 5.26 Å². The lowest BCUT2D eigenvalue weighted by atomic mass is 9.85. The van der Waals surface area contributed by atoms with Gasteiger partial charge in [0, 0.05) is 23.9 Å². The van der Waals surface area contributed by atoms with Crippen molar-refractivity contribution in [1.29, 1.82) is 5.26 Å².